The molecule has 0 aliphatic heterocycles. The third-order valence-electron chi connectivity index (χ3n) is 12.4. The quantitative estimate of drug-likeness (QED) is 0.0262. The van der Waals surface area contributed by atoms with Crippen LogP contribution in [0.5, 0.6) is 0 Å². The van der Waals surface area contributed by atoms with Crippen LogP contribution in [0.2, 0.25) is 0 Å². The van der Waals surface area contributed by atoms with E-state index in [4.69, 9.17) is 14.2 Å². The first kappa shape index (κ1) is 64.8. The molecule has 1 atom stereocenters. The molecule has 0 fully saturated rings. The van der Waals surface area contributed by atoms with Gasteiger partial charge in [-0.1, -0.05) is 254 Å². The molecule has 0 saturated carbocycles. The molecule has 0 saturated heterocycles. The molecule has 0 heterocycles. The van der Waals surface area contributed by atoms with Gasteiger partial charge >= 0.3 is 17.9 Å². The Hall–Kier alpha value is -3.15. The molecule has 392 valence electrons. The third kappa shape index (κ3) is 53.8. The lowest BCUT2D eigenvalue weighted by Crippen LogP contribution is -2.30. The summed E-state index contributed by atoms with van der Waals surface area (Å²) in [6, 6.07) is 0. The van der Waals surface area contributed by atoms with E-state index >= 15 is 0 Å². The summed E-state index contributed by atoms with van der Waals surface area (Å²) in [4.78, 5) is 38.1. The van der Waals surface area contributed by atoms with E-state index in [1.807, 2.05) is 0 Å². The second kappa shape index (κ2) is 56.4. The average molecular weight is 950 g/mol. The van der Waals surface area contributed by atoms with E-state index in [1.165, 1.54) is 154 Å². The molecule has 0 aliphatic carbocycles. The molecular weight excluding hydrogens is 841 g/mol. The van der Waals surface area contributed by atoms with Crippen molar-refractivity contribution in [1.29, 1.82) is 0 Å². The van der Waals surface area contributed by atoms with E-state index < -0.39 is 6.10 Å². The summed E-state index contributed by atoms with van der Waals surface area (Å²) in [5.41, 5.74) is 0. The molecule has 6 heteroatoms. The minimum absolute atomic E-state index is 0.0982. The van der Waals surface area contributed by atoms with Crippen LogP contribution < -0.4 is 0 Å². The van der Waals surface area contributed by atoms with Crippen molar-refractivity contribution in [2.45, 2.75) is 290 Å². The number of esters is 3. The lowest BCUT2D eigenvalue weighted by atomic mass is 10.0. The molecule has 0 N–H and O–H groups in total. The number of hydrogen-bond acceptors (Lipinski definition) is 6. The van der Waals surface area contributed by atoms with Crippen LogP contribution in [-0.2, 0) is 28.6 Å². The van der Waals surface area contributed by atoms with E-state index in [9.17, 15) is 14.4 Å². The monoisotopic (exact) mass is 949 g/mol. The molecule has 0 amide bonds. The Kier molecular flexibility index (Phi) is 53.8. The summed E-state index contributed by atoms with van der Waals surface area (Å²) in [6.45, 7) is 6.49. The summed E-state index contributed by atoms with van der Waals surface area (Å²) in [5.74, 6) is -0.956. The molecule has 0 aromatic carbocycles. The van der Waals surface area contributed by atoms with Crippen LogP contribution in [0.1, 0.15) is 284 Å². The van der Waals surface area contributed by atoms with Crippen molar-refractivity contribution in [2.75, 3.05) is 13.2 Å². The summed E-state index contributed by atoms with van der Waals surface area (Å²) in [7, 11) is 0. The molecule has 0 rings (SSSR count). The molecule has 68 heavy (non-hydrogen) atoms. The maximum atomic E-state index is 12.8. The number of hydrogen-bond donors (Lipinski definition) is 0. The standard InChI is InChI=1S/C62H108O6/c1-4-7-10-13-16-19-22-25-28-30-31-33-34-37-40-43-46-49-52-55-61(64)67-58-59(57-66-60(63)54-51-48-45-42-39-36-27-24-21-18-15-12-9-6-3)68-62(65)56-53-50-47-44-41-38-35-32-29-26-23-20-17-14-11-8-5-2/h8,11,17,20,24,26-27,29,35,38,44,47,59H,4-7,9-10,12-16,18-19,21-23,25,28,30-34,36-37,39-43,45-46,48-58H2,1-3H3/b11-8+,20-17+,27-24+,29-26+,38-35+,47-44+/t59-/m1/s1. The molecule has 0 bridgehead atoms. The highest BCUT2D eigenvalue weighted by Crippen LogP contribution is 2.16. The maximum absolute atomic E-state index is 12.8. The Balaban J connectivity index is 4.43. The molecule has 0 radical (unpaired) electrons. The number of carbonyl (C=O) groups excluding carboxylic acids is 3. The average Bonchev–Trinajstić information content (AvgIpc) is 3.34. The summed E-state index contributed by atoms with van der Waals surface area (Å²) in [6.07, 6.45) is 71.9. The van der Waals surface area contributed by atoms with Gasteiger partial charge in [0.1, 0.15) is 13.2 Å². The number of rotatable bonds is 52. The first-order valence-electron chi connectivity index (χ1n) is 28.9. The summed E-state index contributed by atoms with van der Waals surface area (Å²) in [5, 5.41) is 0. The van der Waals surface area contributed by atoms with Crippen LogP contribution in [0.4, 0.5) is 0 Å². The maximum Gasteiger partial charge on any atom is 0.306 e. The van der Waals surface area contributed by atoms with Crippen LogP contribution in [0.15, 0.2) is 72.9 Å². The molecular formula is C62H108O6. The van der Waals surface area contributed by atoms with Gasteiger partial charge in [-0.25, -0.2) is 0 Å². The smallest absolute Gasteiger partial charge is 0.306 e. The van der Waals surface area contributed by atoms with Crippen molar-refractivity contribution in [3.63, 3.8) is 0 Å². The Bertz CT molecular complexity index is 1270. The van der Waals surface area contributed by atoms with Crippen LogP contribution in [0.3, 0.4) is 0 Å². The van der Waals surface area contributed by atoms with Gasteiger partial charge in [-0.05, 0) is 83.5 Å². The topological polar surface area (TPSA) is 78.9 Å². The van der Waals surface area contributed by atoms with Crippen molar-refractivity contribution < 1.29 is 28.6 Å². The van der Waals surface area contributed by atoms with Crippen molar-refractivity contribution in [3.05, 3.63) is 72.9 Å². The lowest BCUT2D eigenvalue weighted by molar-refractivity contribution is -0.167. The molecule has 0 aromatic rings. The van der Waals surface area contributed by atoms with Gasteiger partial charge < -0.3 is 14.2 Å². The highest BCUT2D eigenvalue weighted by atomic mass is 16.6. The van der Waals surface area contributed by atoms with Gasteiger partial charge in [0.2, 0.25) is 0 Å². The molecule has 6 nitrogen and oxygen atoms in total. The molecule has 0 unspecified atom stereocenters. The fraction of sp³-hybridized carbons (Fsp3) is 0.758. The summed E-state index contributed by atoms with van der Waals surface area (Å²) < 4.78 is 16.8. The highest BCUT2D eigenvalue weighted by molar-refractivity contribution is 5.71. The largest absolute Gasteiger partial charge is 0.462 e. The van der Waals surface area contributed by atoms with Crippen molar-refractivity contribution in [2.24, 2.45) is 0 Å². The number of unbranched alkanes of at least 4 members (excludes halogenated alkanes) is 29. The van der Waals surface area contributed by atoms with E-state index in [1.54, 1.807) is 0 Å². The van der Waals surface area contributed by atoms with Gasteiger partial charge in [-0.2, -0.15) is 0 Å². The second-order valence-electron chi connectivity index (χ2n) is 19.2. The molecule has 0 aromatic heterocycles. The summed E-state index contributed by atoms with van der Waals surface area (Å²) >= 11 is 0. The predicted octanol–water partition coefficient (Wildman–Crippen LogP) is 19.4. The lowest BCUT2D eigenvalue weighted by Gasteiger charge is -2.18. The van der Waals surface area contributed by atoms with E-state index in [2.05, 4.69) is 93.7 Å². The molecule has 0 spiro atoms. The van der Waals surface area contributed by atoms with Gasteiger partial charge in [-0.15, -0.1) is 0 Å². The van der Waals surface area contributed by atoms with Gasteiger partial charge in [0.15, 0.2) is 6.10 Å². The molecule has 0 aliphatic rings. The number of carbonyl (C=O) groups is 3. The highest BCUT2D eigenvalue weighted by Gasteiger charge is 2.19. The zero-order chi connectivity index (χ0) is 49.3. The normalized spacial score (nSPS) is 12.6. The van der Waals surface area contributed by atoms with Crippen LogP contribution >= 0.6 is 0 Å². The second-order valence-corrected chi connectivity index (χ2v) is 19.2. The van der Waals surface area contributed by atoms with Gasteiger partial charge in [0.05, 0.1) is 0 Å². The zero-order valence-corrected chi connectivity index (χ0v) is 44.9. The number of allylic oxidation sites excluding steroid dienone is 12. The van der Waals surface area contributed by atoms with Crippen molar-refractivity contribution in [3.8, 4) is 0 Å². The van der Waals surface area contributed by atoms with Crippen LogP contribution in [-0.4, -0.2) is 37.2 Å². The third-order valence-corrected chi connectivity index (χ3v) is 12.4. The van der Waals surface area contributed by atoms with E-state index in [-0.39, 0.29) is 37.5 Å². The first-order valence-corrected chi connectivity index (χ1v) is 28.9. The van der Waals surface area contributed by atoms with Gasteiger partial charge in [-0.3, -0.25) is 14.4 Å². The van der Waals surface area contributed by atoms with Crippen molar-refractivity contribution >= 4 is 17.9 Å². The van der Waals surface area contributed by atoms with Gasteiger partial charge in [0.25, 0.3) is 0 Å². The Labute approximate surface area is 421 Å². The van der Waals surface area contributed by atoms with Gasteiger partial charge in [0, 0.05) is 19.3 Å². The van der Waals surface area contributed by atoms with E-state index in [0.29, 0.717) is 19.3 Å². The first-order chi connectivity index (χ1) is 33.5. The predicted molar refractivity (Wildman–Crippen MR) is 293 cm³/mol. The fourth-order valence-electron chi connectivity index (χ4n) is 8.12. The van der Waals surface area contributed by atoms with Crippen LogP contribution in [0.25, 0.3) is 0 Å². The Morgan fingerprint density at radius 3 is 0.956 bits per heavy atom. The minimum atomic E-state index is -0.807. The Morgan fingerprint density at radius 1 is 0.309 bits per heavy atom. The van der Waals surface area contributed by atoms with Crippen LogP contribution in [0, 0.1) is 0 Å². The SMILES string of the molecule is CC/C=C/C/C=C/C/C=C/C/C=C/C/C=C/CCCC(=O)O[C@H](COC(=O)CCCCCCC/C=C/CCCCCCC)COC(=O)CCCCCCCCCCCCCCCCCCCCC. The van der Waals surface area contributed by atoms with E-state index in [0.717, 1.165) is 83.5 Å². The Morgan fingerprint density at radius 2 is 0.588 bits per heavy atom. The number of ether oxygens (including phenoxy) is 3. The van der Waals surface area contributed by atoms with Crippen molar-refractivity contribution in [1.82, 2.24) is 0 Å². The fourth-order valence-corrected chi connectivity index (χ4v) is 8.12. The minimum Gasteiger partial charge on any atom is -0.462 e. The zero-order valence-electron chi connectivity index (χ0n) is 44.9.